The lowest BCUT2D eigenvalue weighted by Crippen LogP contribution is -2.27. The second-order valence-electron chi connectivity index (χ2n) is 8.13. The number of aromatic amines is 1. The molecule has 0 saturated heterocycles. The second-order valence-corrected chi connectivity index (χ2v) is 8.13. The van der Waals surface area contributed by atoms with Gasteiger partial charge in [-0.15, -0.1) is 0 Å². The number of rotatable bonds is 5. The smallest absolute Gasteiger partial charge is 0.258 e. The molecule has 0 bridgehead atoms. The minimum absolute atomic E-state index is 0.0117. The zero-order valence-corrected chi connectivity index (χ0v) is 16.9. The summed E-state index contributed by atoms with van der Waals surface area (Å²) >= 11 is 0. The Morgan fingerprint density at radius 1 is 1.37 bits per heavy atom. The number of hydrogen-bond donors (Lipinski definition) is 2. The zero-order valence-electron chi connectivity index (χ0n) is 16.9. The van der Waals surface area contributed by atoms with Gasteiger partial charge in [0.2, 0.25) is 5.71 Å². The first kappa shape index (κ1) is 18.5. The Kier molecular flexibility index (Phi) is 4.02. The fraction of sp³-hybridized carbons (Fsp3) is 0.333. The zero-order chi connectivity index (χ0) is 21.0. The average molecular weight is 408 g/mol. The first-order valence-electron chi connectivity index (χ1n) is 9.75. The Labute approximate surface area is 171 Å². The number of nitrogens with zero attached hydrogens (tertiary/aromatic N) is 4. The molecule has 0 aliphatic heterocycles. The van der Waals surface area contributed by atoms with Gasteiger partial charge in [-0.2, -0.15) is 0 Å². The van der Waals surface area contributed by atoms with Crippen LogP contribution in [-0.4, -0.2) is 43.3 Å². The molecule has 1 amide bonds. The SMILES string of the molecule is Cc1oc2ncnc(NC3(C)CC3)c2c1C(=O)N(C)Cc1nc2ccc(F)cc2[nH]1. The van der Waals surface area contributed by atoms with Crippen LogP contribution in [0.3, 0.4) is 0 Å². The van der Waals surface area contributed by atoms with Gasteiger partial charge in [0.15, 0.2) is 0 Å². The normalized spacial score (nSPS) is 14.9. The van der Waals surface area contributed by atoms with Crippen LogP contribution in [0.2, 0.25) is 0 Å². The molecule has 30 heavy (non-hydrogen) atoms. The highest BCUT2D eigenvalue weighted by Gasteiger charge is 2.38. The van der Waals surface area contributed by atoms with Crippen molar-refractivity contribution in [1.29, 1.82) is 0 Å². The van der Waals surface area contributed by atoms with E-state index in [4.69, 9.17) is 4.42 Å². The number of carbonyl (C=O) groups excluding carboxylic acids is 1. The molecular formula is C21H21FN6O2. The molecule has 1 aromatic carbocycles. The minimum Gasteiger partial charge on any atom is -0.442 e. The van der Waals surface area contributed by atoms with Crippen LogP contribution < -0.4 is 5.32 Å². The number of benzene rings is 1. The molecule has 4 aromatic rings. The van der Waals surface area contributed by atoms with Crippen LogP contribution >= 0.6 is 0 Å². The van der Waals surface area contributed by atoms with Crippen LogP contribution in [0.1, 0.15) is 41.7 Å². The third kappa shape index (κ3) is 3.16. The van der Waals surface area contributed by atoms with E-state index in [0.717, 1.165) is 12.8 Å². The van der Waals surface area contributed by atoms with E-state index in [1.54, 1.807) is 24.9 Å². The highest BCUT2D eigenvalue weighted by molar-refractivity contribution is 6.10. The van der Waals surface area contributed by atoms with E-state index in [9.17, 15) is 9.18 Å². The van der Waals surface area contributed by atoms with E-state index in [1.807, 2.05) is 0 Å². The number of carbonyl (C=O) groups is 1. The van der Waals surface area contributed by atoms with Crippen molar-refractivity contribution in [2.24, 2.45) is 0 Å². The predicted octanol–water partition coefficient (Wildman–Crippen LogP) is 3.78. The van der Waals surface area contributed by atoms with Gasteiger partial charge in [-0.1, -0.05) is 0 Å². The number of anilines is 1. The molecule has 1 aliphatic carbocycles. The van der Waals surface area contributed by atoms with Crippen LogP contribution in [0.25, 0.3) is 22.1 Å². The fourth-order valence-corrected chi connectivity index (χ4v) is 3.59. The van der Waals surface area contributed by atoms with Crippen molar-refractivity contribution < 1.29 is 13.6 Å². The highest BCUT2D eigenvalue weighted by atomic mass is 19.1. The van der Waals surface area contributed by atoms with Gasteiger partial charge in [0.1, 0.15) is 29.5 Å². The Morgan fingerprint density at radius 3 is 2.93 bits per heavy atom. The molecule has 0 atom stereocenters. The summed E-state index contributed by atoms with van der Waals surface area (Å²) in [6.45, 7) is 4.09. The summed E-state index contributed by atoms with van der Waals surface area (Å²) in [7, 11) is 1.69. The molecule has 3 aromatic heterocycles. The van der Waals surface area contributed by atoms with Crippen molar-refractivity contribution in [1.82, 2.24) is 24.8 Å². The molecule has 154 valence electrons. The third-order valence-electron chi connectivity index (χ3n) is 5.52. The van der Waals surface area contributed by atoms with Crippen LogP contribution in [0, 0.1) is 12.7 Å². The number of nitrogens with one attached hydrogen (secondary N) is 2. The van der Waals surface area contributed by atoms with Crippen LogP contribution in [0.15, 0.2) is 28.9 Å². The number of H-pyrrole nitrogens is 1. The molecule has 8 nitrogen and oxygen atoms in total. The Morgan fingerprint density at radius 2 is 2.17 bits per heavy atom. The molecule has 5 rings (SSSR count). The van der Waals surface area contributed by atoms with Gasteiger partial charge in [-0.3, -0.25) is 4.79 Å². The number of aryl methyl sites for hydroxylation is 1. The van der Waals surface area contributed by atoms with Gasteiger partial charge < -0.3 is 19.6 Å². The van der Waals surface area contributed by atoms with E-state index in [-0.39, 0.29) is 23.8 Å². The van der Waals surface area contributed by atoms with E-state index in [0.29, 0.717) is 45.1 Å². The molecule has 2 N–H and O–H groups in total. The highest BCUT2D eigenvalue weighted by Crippen LogP contribution is 2.40. The van der Waals surface area contributed by atoms with Crippen molar-refractivity contribution in [2.75, 3.05) is 12.4 Å². The lowest BCUT2D eigenvalue weighted by Gasteiger charge is -2.17. The number of halogens is 1. The maximum atomic E-state index is 13.4. The molecule has 1 saturated carbocycles. The van der Waals surface area contributed by atoms with Crippen molar-refractivity contribution in [3.63, 3.8) is 0 Å². The quantitative estimate of drug-likeness (QED) is 0.521. The first-order valence-corrected chi connectivity index (χ1v) is 9.75. The summed E-state index contributed by atoms with van der Waals surface area (Å²) in [5, 5.41) is 4.01. The number of imidazole rings is 1. The lowest BCUT2D eigenvalue weighted by molar-refractivity contribution is 0.0782. The summed E-state index contributed by atoms with van der Waals surface area (Å²) in [5.74, 6) is 1.09. The largest absolute Gasteiger partial charge is 0.442 e. The van der Waals surface area contributed by atoms with E-state index < -0.39 is 0 Å². The molecular weight excluding hydrogens is 387 g/mol. The third-order valence-corrected chi connectivity index (χ3v) is 5.52. The van der Waals surface area contributed by atoms with E-state index in [2.05, 4.69) is 32.2 Å². The summed E-state index contributed by atoms with van der Waals surface area (Å²) in [6, 6.07) is 4.35. The van der Waals surface area contributed by atoms with Gasteiger partial charge in [0, 0.05) is 12.6 Å². The van der Waals surface area contributed by atoms with Crippen LogP contribution in [0.5, 0.6) is 0 Å². The monoisotopic (exact) mass is 408 g/mol. The topological polar surface area (TPSA) is 99.9 Å². The number of furan rings is 1. The maximum Gasteiger partial charge on any atom is 0.258 e. The van der Waals surface area contributed by atoms with Gasteiger partial charge >= 0.3 is 0 Å². The minimum atomic E-state index is -0.341. The standard InChI is InChI=1S/C21H21FN6O2/c1-11-16(17-18(27-21(2)6-7-21)23-10-24-19(17)30-11)20(29)28(3)9-15-25-13-5-4-12(22)8-14(13)26-15/h4-5,8,10H,6-7,9H2,1-3H3,(H,25,26)(H,23,24,27). The average Bonchev–Trinajstić information content (AvgIpc) is 3.13. The van der Waals surface area contributed by atoms with Gasteiger partial charge in [-0.25, -0.2) is 19.3 Å². The van der Waals surface area contributed by atoms with Crippen molar-refractivity contribution in [3.8, 4) is 0 Å². The Bertz CT molecular complexity index is 1290. The van der Waals surface area contributed by atoms with Crippen molar-refractivity contribution >= 4 is 33.9 Å². The maximum absolute atomic E-state index is 13.4. The molecule has 0 spiro atoms. The molecule has 9 heteroatoms. The molecule has 3 heterocycles. The Hall–Kier alpha value is -3.49. The van der Waals surface area contributed by atoms with Crippen molar-refractivity contribution in [2.45, 2.75) is 38.8 Å². The fourth-order valence-electron chi connectivity index (χ4n) is 3.59. The summed E-state index contributed by atoms with van der Waals surface area (Å²) in [5.41, 5.74) is 2.04. The Balaban J connectivity index is 1.47. The molecule has 1 aliphatic rings. The van der Waals surface area contributed by atoms with E-state index in [1.165, 1.54) is 18.5 Å². The summed E-state index contributed by atoms with van der Waals surface area (Å²) in [4.78, 5) is 30.9. The van der Waals surface area contributed by atoms with E-state index >= 15 is 0 Å². The van der Waals surface area contributed by atoms with Crippen LogP contribution in [0.4, 0.5) is 10.2 Å². The van der Waals surface area contributed by atoms with Gasteiger partial charge in [-0.05, 0) is 44.9 Å². The predicted molar refractivity (Wildman–Crippen MR) is 110 cm³/mol. The number of amides is 1. The molecule has 0 unspecified atom stereocenters. The number of aromatic nitrogens is 4. The van der Waals surface area contributed by atoms with Crippen LogP contribution in [-0.2, 0) is 6.54 Å². The lowest BCUT2D eigenvalue weighted by atomic mass is 10.1. The van der Waals surface area contributed by atoms with Gasteiger partial charge in [0.05, 0.1) is 28.5 Å². The number of fused-ring (bicyclic) bond motifs is 2. The molecule has 0 radical (unpaired) electrons. The molecule has 1 fully saturated rings. The van der Waals surface area contributed by atoms with Crippen molar-refractivity contribution in [3.05, 3.63) is 47.5 Å². The first-order chi connectivity index (χ1) is 14.3. The summed E-state index contributed by atoms with van der Waals surface area (Å²) in [6.07, 6.45) is 3.53. The summed E-state index contributed by atoms with van der Waals surface area (Å²) < 4.78 is 19.2. The number of hydrogen-bond acceptors (Lipinski definition) is 6. The van der Waals surface area contributed by atoms with Gasteiger partial charge in [0.25, 0.3) is 5.91 Å². The second kappa shape index (κ2) is 6.51.